The van der Waals surface area contributed by atoms with Crippen LogP contribution < -0.4 is 4.18 Å². The number of hydrogen-bond donors (Lipinski definition) is 0. The Kier molecular flexibility index (Phi) is 6.05. The van der Waals surface area contributed by atoms with Crippen molar-refractivity contribution >= 4 is 31.9 Å². The van der Waals surface area contributed by atoms with Crippen LogP contribution in [0.4, 0.5) is 39.5 Å². The number of aromatic nitrogens is 2. The van der Waals surface area contributed by atoms with Crippen LogP contribution in [0.25, 0.3) is 33.1 Å². The fraction of sp³-hybridized carbons (Fsp3) is 0.182. The van der Waals surface area contributed by atoms with Gasteiger partial charge in [0.05, 0.1) is 16.7 Å². The second-order valence-electron chi connectivity index (χ2n) is 7.64. The van der Waals surface area contributed by atoms with Crippen molar-refractivity contribution in [3.8, 4) is 17.0 Å². The van der Waals surface area contributed by atoms with Crippen LogP contribution in [0.5, 0.6) is 5.75 Å². The first-order chi connectivity index (χ1) is 17.0. The molecule has 196 valence electrons. The van der Waals surface area contributed by atoms with Crippen molar-refractivity contribution in [2.24, 2.45) is 0 Å². The Bertz CT molecular complexity index is 1610. The summed E-state index contributed by atoms with van der Waals surface area (Å²) in [5.41, 5.74) is 1.02. The molecule has 0 spiro atoms. The maximum Gasteiger partial charge on any atom is 0.460 e. The minimum Gasteiger partial charge on any atom is -0.378 e. The quantitative estimate of drug-likeness (QED) is 0.153. The molecule has 0 aliphatic heterocycles. The van der Waals surface area contributed by atoms with Gasteiger partial charge < -0.3 is 4.18 Å². The molecular formula is C22H11F9N2O3S. The number of halogens is 9. The third-order valence-electron chi connectivity index (χ3n) is 5.20. The molecule has 0 aliphatic carbocycles. The largest absolute Gasteiger partial charge is 0.460 e. The first-order valence-corrected chi connectivity index (χ1v) is 11.3. The predicted molar refractivity (Wildman–Crippen MR) is 113 cm³/mol. The molecule has 0 fully saturated rings. The highest BCUT2D eigenvalue weighted by atomic mass is 32.2. The summed E-state index contributed by atoms with van der Waals surface area (Å²) in [6, 6.07) is 13.8. The number of rotatable bonds is 6. The Labute approximate surface area is 201 Å². The summed E-state index contributed by atoms with van der Waals surface area (Å²) in [5.74, 6) is -15.9. The average molecular weight is 554 g/mol. The lowest BCUT2D eigenvalue weighted by atomic mass is 10.1. The van der Waals surface area contributed by atoms with E-state index in [4.69, 9.17) is 0 Å². The third kappa shape index (κ3) is 4.20. The fourth-order valence-electron chi connectivity index (χ4n) is 3.29. The highest BCUT2D eigenvalue weighted by molar-refractivity contribution is 7.88. The molecule has 0 saturated carbocycles. The van der Waals surface area contributed by atoms with Crippen LogP contribution in [-0.4, -0.2) is 41.7 Å². The Morgan fingerprint density at radius 1 is 0.703 bits per heavy atom. The van der Waals surface area contributed by atoms with Crippen molar-refractivity contribution in [1.82, 2.24) is 9.97 Å². The number of fused-ring (bicyclic) bond motifs is 3. The lowest BCUT2D eigenvalue weighted by molar-refractivity contribution is -0.382. The lowest BCUT2D eigenvalue weighted by Gasteiger charge is -2.32. The molecule has 2 aromatic carbocycles. The Balaban J connectivity index is 1.72. The van der Waals surface area contributed by atoms with Gasteiger partial charge in [0.25, 0.3) is 0 Å². The normalized spacial score (nSPS) is 13.8. The van der Waals surface area contributed by atoms with Gasteiger partial charge in [-0.15, -0.1) is 0 Å². The molecule has 0 amide bonds. The summed E-state index contributed by atoms with van der Waals surface area (Å²) in [6.07, 6.45) is -5.68. The van der Waals surface area contributed by atoms with Gasteiger partial charge in [-0.05, 0) is 24.3 Å². The van der Waals surface area contributed by atoms with Crippen molar-refractivity contribution in [3.05, 3.63) is 66.9 Å². The molecule has 2 heterocycles. The van der Waals surface area contributed by atoms with Crippen molar-refractivity contribution in [1.29, 1.82) is 0 Å². The third-order valence-corrected chi connectivity index (χ3v) is 6.49. The molecule has 15 heteroatoms. The van der Waals surface area contributed by atoms with E-state index in [1.807, 2.05) is 0 Å². The molecule has 0 aliphatic rings. The first kappa shape index (κ1) is 26.4. The maximum atomic E-state index is 14.0. The number of pyridine rings is 2. The highest BCUT2D eigenvalue weighted by Crippen LogP contribution is 2.55. The molecule has 5 nitrogen and oxygen atoms in total. The number of hydrogen-bond acceptors (Lipinski definition) is 5. The summed E-state index contributed by atoms with van der Waals surface area (Å²) in [5, 5.41) is -5.60. The van der Waals surface area contributed by atoms with Gasteiger partial charge >= 0.3 is 33.4 Å². The van der Waals surface area contributed by atoms with Gasteiger partial charge in [0.2, 0.25) is 0 Å². The maximum absolute atomic E-state index is 14.0. The Hall–Kier alpha value is -3.62. The van der Waals surface area contributed by atoms with Crippen molar-refractivity contribution in [2.75, 3.05) is 0 Å². The lowest BCUT2D eigenvalue weighted by Crippen LogP contribution is -2.63. The SMILES string of the molecule is O=S(=O)(Oc1cccc(-c2ccc3ccc4cccnc4c3n2)c1)C(F)(F)C(F)(F)C(F)(F)C(F)(F)F. The molecular weight excluding hydrogens is 543 g/mol. The number of benzene rings is 2. The minimum absolute atomic E-state index is 0.0123. The van der Waals surface area contributed by atoms with Crippen LogP contribution in [0.3, 0.4) is 0 Å². The van der Waals surface area contributed by atoms with E-state index in [2.05, 4.69) is 14.2 Å². The van der Waals surface area contributed by atoms with Crippen LogP contribution in [0.15, 0.2) is 66.9 Å². The van der Waals surface area contributed by atoms with Crippen molar-refractivity contribution in [3.63, 3.8) is 0 Å². The second kappa shape index (κ2) is 8.46. The Morgan fingerprint density at radius 3 is 1.97 bits per heavy atom. The molecule has 0 N–H and O–H groups in total. The van der Waals surface area contributed by atoms with Crippen molar-refractivity contribution in [2.45, 2.75) is 23.3 Å². The van der Waals surface area contributed by atoms with Crippen LogP contribution in [-0.2, 0) is 10.1 Å². The molecule has 0 bridgehead atoms. The zero-order valence-electron chi connectivity index (χ0n) is 17.8. The smallest absolute Gasteiger partial charge is 0.378 e. The monoisotopic (exact) mass is 554 g/mol. The summed E-state index contributed by atoms with van der Waals surface area (Å²) in [7, 11) is -7.07. The fourth-order valence-corrected chi connectivity index (χ4v) is 4.19. The number of alkyl halides is 9. The van der Waals surface area contributed by atoms with E-state index in [-0.39, 0.29) is 11.3 Å². The van der Waals surface area contributed by atoms with E-state index < -0.39 is 39.1 Å². The molecule has 0 radical (unpaired) electrons. The van der Waals surface area contributed by atoms with Gasteiger partial charge in [0, 0.05) is 22.5 Å². The van der Waals surface area contributed by atoms with Gasteiger partial charge in [-0.3, -0.25) is 4.98 Å². The van der Waals surface area contributed by atoms with E-state index in [1.54, 1.807) is 30.3 Å². The summed E-state index contributed by atoms with van der Waals surface area (Å²) < 4.78 is 146. The standard InChI is InChI=1S/C22H11F9N2O3S/c23-19(24,21(27,28)29)20(25,26)22(30,31)37(34,35)36-15-5-1-3-14(11-15)16-9-8-13-7-6-12-4-2-10-32-17(12)18(13)33-16/h1-11H. The molecule has 0 unspecified atom stereocenters. The van der Waals surface area contributed by atoms with E-state index in [1.165, 1.54) is 18.3 Å². The zero-order valence-corrected chi connectivity index (χ0v) is 18.6. The van der Waals surface area contributed by atoms with Gasteiger partial charge in [-0.25, -0.2) is 4.98 Å². The number of nitrogens with zero attached hydrogens (tertiary/aromatic N) is 2. The van der Waals surface area contributed by atoms with Gasteiger partial charge in [0.1, 0.15) is 5.75 Å². The summed E-state index contributed by atoms with van der Waals surface area (Å²) in [6.45, 7) is 0. The van der Waals surface area contributed by atoms with Gasteiger partial charge in [0.15, 0.2) is 0 Å². The van der Waals surface area contributed by atoms with Gasteiger partial charge in [-0.1, -0.05) is 36.4 Å². The van der Waals surface area contributed by atoms with Crippen LogP contribution in [0, 0.1) is 0 Å². The van der Waals surface area contributed by atoms with E-state index >= 15 is 0 Å². The van der Waals surface area contributed by atoms with Crippen LogP contribution in [0.1, 0.15) is 0 Å². The summed E-state index contributed by atoms with van der Waals surface area (Å²) in [4.78, 5) is 8.63. The molecule has 37 heavy (non-hydrogen) atoms. The molecule has 4 rings (SSSR count). The minimum atomic E-state index is -7.40. The van der Waals surface area contributed by atoms with E-state index in [0.29, 0.717) is 22.5 Å². The second-order valence-corrected chi connectivity index (χ2v) is 9.23. The highest BCUT2D eigenvalue weighted by Gasteiger charge is 2.86. The topological polar surface area (TPSA) is 69.2 Å². The zero-order chi connectivity index (χ0) is 27.4. The molecule has 4 aromatic rings. The predicted octanol–water partition coefficient (Wildman–Crippen LogP) is 6.58. The first-order valence-electron chi connectivity index (χ1n) is 9.89. The van der Waals surface area contributed by atoms with E-state index in [0.717, 1.165) is 17.5 Å². The molecule has 2 aromatic heterocycles. The molecule has 0 atom stereocenters. The average Bonchev–Trinajstić information content (AvgIpc) is 2.82. The van der Waals surface area contributed by atoms with Crippen LogP contribution in [0.2, 0.25) is 0 Å². The molecule has 0 saturated heterocycles. The van der Waals surface area contributed by atoms with Crippen LogP contribution >= 0.6 is 0 Å². The van der Waals surface area contributed by atoms with Crippen molar-refractivity contribution < 1.29 is 52.1 Å². The van der Waals surface area contributed by atoms with Gasteiger partial charge in [-0.2, -0.15) is 47.9 Å². The Morgan fingerprint density at radius 2 is 1.32 bits per heavy atom. The summed E-state index contributed by atoms with van der Waals surface area (Å²) >= 11 is 0. The van der Waals surface area contributed by atoms with E-state index in [9.17, 15) is 47.9 Å².